The van der Waals surface area contributed by atoms with E-state index in [0.29, 0.717) is 28.6 Å². The van der Waals surface area contributed by atoms with E-state index in [-0.39, 0.29) is 24.4 Å². The van der Waals surface area contributed by atoms with Crippen LogP contribution in [0.2, 0.25) is 5.02 Å². The molecule has 3 aromatic rings. The summed E-state index contributed by atoms with van der Waals surface area (Å²) in [5, 5.41) is 8.49. The van der Waals surface area contributed by atoms with Crippen LogP contribution >= 0.6 is 22.9 Å². The van der Waals surface area contributed by atoms with E-state index in [1.54, 1.807) is 28.6 Å². The number of fused-ring (bicyclic) bond motifs is 1. The zero-order valence-electron chi connectivity index (χ0n) is 15.6. The molecular weight excluding hydrogens is 410 g/mol. The molecule has 3 heterocycles. The maximum atomic E-state index is 12.8. The van der Waals surface area contributed by atoms with Crippen molar-refractivity contribution in [2.75, 3.05) is 16.8 Å². The second-order valence-electron chi connectivity index (χ2n) is 6.65. The minimum Gasteiger partial charge on any atom is -0.359 e. The fourth-order valence-electron chi connectivity index (χ4n) is 3.07. The van der Waals surface area contributed by atoms with Gasteiger partial charge in [-0.15, -0.1) is 11.3 Å². The Bertz CT molecular complexity index is 1040. The predicted molar refractivity (Wildman–Crippen MR) is 113 cm³/mol. The monoisotopic (exact) mass is 427 g/mol. The maximum Gasteiger partial charge on any atom is 0.253 e. The van der Waals surface area contributed by atoms with E-state index in [4.69, 9.17) is 11.6 Å². The third-order valence-corrected chi connectivity index (χ3v) is 5.54. The van der Waals surface area contributed by atoms with Crippen LogP contribution in [0.1, 0.15) is 34.6 Å². The first-order chi connectivity index (χ1) is 14.0. The molecule has 2 N–H and O–H groups in total. The SMILES string of the molecule is CC(NC(=O)c1cnc2c(c1)N(Cc1cscn1)C(=O)CN2)c1ccc(Cl)cc1. The van der Waals surface area contributed by atoms with Crippen LogP contribution in [0.15, 0.2) is 47.4 Å². The Kier molecular flexibility index (Phi) is 5.46. The van der Waals surface area contributed by atoms with E-state index in [0.717, 1.165) is 11.3 Å². The van der Waals surface area contributed by atoms with E-state index >= 15 is 0 Å². The summed E-state index contributed by atoms with van der Waals surface area (Å²) in [4.78, 5) is 35.4. The van der Waals surface area contributed by atoms with Crippen molar-refractivity contribution in [3.63, 3.8) is 0 Å². The number of amides is 2. The Balaban J connectivity index is 1.56. The summed E-state index contributed by atoms with van der Waals surface area (Å²) in [5.74, 6) is 0.205. The van der Waals surface area contributed by atoms with Crippen molar-refractivity contribution in [1.82, 2.24) is 15.3 Å². The van der Waals surface area contributed by atoms with Gasteiger partial charge in [0.1, 0.15) is 0 Å². The number of carbonyl (C=O) groups is 2. The minimum atomic E-state index is -0.269. The first-order valence-electron chi connectivity index (χ1n) is 8.99. The van der Waals surface area contributed by atoms with Crippen molar-refractivity contribution in [2.24, 2.45) is 0 Å². The standard InChI is InChI=1S/C20H18ClN5O2S/c1-12(13-2-4-15(21)5-3-13)25-20(28)14-6-17-19(22-7-14)23-8-18(27)26(17)9-16-10-29-11-24-16/h2-7,10-12H,8-9H2,1H3,(H,22,23)(H,25,28). The maximum absolute atomic E-state index is 12.8. The molecule has 1 aromatic carbocycles. The molecule has 0 bridgehead atoms. The highest BCUT2D eigenvalue weighted by molar-refractivity contribution is 7.07. The van der Waals surface area contributed by atoms with E-state index in [1.807, 2.05) is 24.4 Å². The third-order valence-electron chi connectivity index (χ3n) is 4.65. The number of pyridine rings is 1. The van der Waals surface area contributed by atoms with Crippen LogP contribution in [0.5, 0.6) is 0 Å². The fraction of sp³-hybridized carbons (Fsp3) is 0.200. The lowest BCUT2D eigenvalue weighted by Gasteiger charge is -2.29. The van der Waals surface area contributed by atoms with Gasteiger partial charge in [0.2, 0.25) is 5.91 Å². The lowest BCUT2D eigenvalue weighted by molar-refractivity contribution is -0.117. The van der Waals surface area contributed by atoms with Gasteiger partial charge in [0, 0.05) is 16.6 Å². The van der Waals surface area contributed by atoms with Gasteiger partial charge in [-0.05, 0) is 30.7 Å². The molecule has 4 rings (SSSR count). The highest BCUT2D eigenvalue weighted by Crippen LogP contribution is 2.30. The van der Waals surface area contributed by atoms with Crippen molar-refractivity contribution in [3.05, 3.63) is 69.3 Å². The van der Waals surface area contributed by atoms with Gasteiger partial charge in [0.05, 0.1) is 41.6 Å². The van der Waals surface area contributed by atoms with Crippen molar-refractivity contribution in [2.45, 2.75) is 19.5 Å². The molecule has 0 aliphatic carbocycles. The Labute approximate surface area is 176 Å². The number of carbonyl (C=O) groups excluding carboxylic acids is 2. The van der Waals surface area contributed by atoms with Crippen molar-refractivity contribution in [1.29, 1.82) is 0 Å². The molecule has 0 fully saturated rings. The van der Waals surface area contributed by atoms with E-state index in [1.165, 1.54) is 17.5 Å². The van der Waals surface area contributed by atoms with E-state index in [2.05, 4.69) is 20.6 Å². The van der Waals surface area contributed by atoms with E-state index in [9.17, 15) is 9.59 Å². The highest BCUT2D eigenvalue weighted by atomic mass is 35.5. The van der Waals surface area contributed by atoms with Gasteiger partial charge in [0.15, 0.2) is 5.82 Å². The zero-order valence-corrected chi connectivity index (χ0v) is 17.1. The average Bonchev–Trinajstić information content (AvgIpc) is 3.23. The molecule has 0 spiro atoms. The van der Waals surface area contributed by atoms with Gasteiger partial charge < -0.3 is 15.5 Å². The minimum absolute atomic E-state index is 0.0978. The molecule has 7 nitrogen and oxygen atoms in total. The van der Waals surface area contributed by atoms with Crippen LogP contribution in [0.4, 0.5) is 11.5 Å². The van der Waals surface area contributed by atoms with Gasteiger partial charge in [0.25, 0.3) is 5.91 Å². The second kappa shape index (κ2) is 8.18. The summed E-state index contributed by atoms with van der Waals surface area (Å²) in [5.41, 5.74) is 4.41. The van der Waals surface area contributed by atoms with Crippen LogP contribution < -0.4 is 15.5 Å². The summed E-state index contributed by atoms with van der Waals surface area (Å²) in [7, 11) is 0. The molecule has 1 atom stereocenters. The van der Waals surface area contributed by atoms with Crippen LogP contribution in [0.25, 0.3) is 0 Å². The molecule has 2 aromatic heterocycles. The predicted octanol–water partition coefficient (Wildman–Crippen LogP) is 3.64. The number of nitrogens with one attached hydrogen (secondary N) is 2. The lowest BCUT2D eigenvalue weighted by Crippen LogP contribution is -2.40. The largest absolute Gasteiger partial charge is 0.359 e. The van der Waals surface area contributed by atoms with Crippen LogP contribution in [-0.2, 0) is 11.3 Å². The topological polar surface area (TPSA) is 87.2 Å². The smallest absolute Gasteiger partial charge is 0.253 e. The Morgan fingerprint density at radius 3 is 2.86 bits per heavy atom. The number of benzene rings is 1. The third kappa shape index (κ3) is 4.23. The summed E-state index contributed by atoms with van der Waals surface area (Å²) in [6, 6.07) is 8.79. The molecule has 29 heavy (non-hydrogen) atoms. The lowest BCUT2D eigenvalue weighted by atomic mass is 10.1. The molecule has 2 amide bonds. The van der Waals surface area contributed by atoms with Crippen molar-refractivity contribution in [3.8, 4) is 0 Å². The summed E-state index contributed by atoms with van der Waals surface area (Å²) < 4.78 is 0. The normalized spacial score (nSPS) is 14.1. The number of thiazole rings is 1. The van der Waals surface area contributed by atoms with Crippen LogP contribution in [-0.4, -0.2) is 28.3 Å². The molecule has 0 saturated carbocycles. The molecule has 0 saturated heterocycles. The van der Waals surface area contributed by atoms with Crippen molar-refractivity contribution < 1.29 is 9.59 Å². The van der Waals surface area contributed by atoms with Gasteiger partial charge in [-0.2, -0.15) is 0 Å². The highest BCUT2D eigenvalue weighted by Gasteiger charge is 2.27. The molecule has 9 heteroatoms. The first kappa shape index (κ1) is 19.4. The summed E-state index contributed by atoms with van der Waals surface area (Å²) in [6.07, 6.45) is 1.51. The van der Waals surface area contributed by atoms with Gasteiger partial charge in [-0.1, -0.05) is 23.7 Å². The number of hydrogen-bond donors (Lipinski definition) is 2. The van der Waals surface area contributed by atoms with Crippen LogP contribution in [0.3, 0.4) is 0 Å². The second-order valence-corrected chi connectivity index (χ2v) is 7.81. The Morgan fingerprint density at radius 2 is 2.14 bits per heavy atom. The number of nitrogens with zero attached hydrogens (tertiary/aromatic N) is 3. The molecule has 1 aliphatic rings. The number of halogens is 1. The van der Waals surface area contributed by atoms with Gasteiger partial charge in [-0.25, -0.2) is 9.97 Å². The summed E-state index contributed by atoms with van der Waals surface area (Å²) >= 11 is 7.40. The summed E-state index contributed by atoms with van der Waals surface area (Å²) in [6.45, 7) is 2.39. The number of rotatable bonds is 5. The Morgan fingerprint density at radius 1 is 1.34 bits per heavy atom. The molecular formula is C20H18ClN5O2S. The molecule has 1 aliphatic heterocycles. The number of hydrogen-bond acceptors (Lipinski definition) is 6. The Hall–Kier alpha value is -2.97. The molecule has 0 radical (unpaired) electrons. The first-order valence-corrected chi connectivity index (χ1v) is 10.3. The fourth-order valence-corrected chi connectivity index (χ4v) is 3.75. The van der Waals surface area contributed by atoms with Crippen molar-refractivity contribution >= 4 is 46.3 Å². The number of aromatic nitrogens is 2. The van der Waals surface area contributed by atoms with Gasteiger partial charge >= 0.3 is 0 Å². The van der Waals surface area contributed by atoms with E-state index < -0.39 is 0 Å². The zero-order chi connectivity index (χ0) is 20.4. The molecule has 1 unspecified atom stereocenters. The quantitative estimate of drug-likeness (QED) is 0.649. The molecule has 148 valence electrons. The average molecular weight is 428 g/mol. The van der Waals surface area contributed by atoms with Crippen LogP contribution in [0, 0.1) is 0 Å². The van der Waals surface area contributed by atoms with Gasteiger partial charge in [-0.3, -0.25) is 9.59 Å². The number of anilines is 2.